The molecule has 4 heterocycles. The molecule has 0 bridgehead atoms. The van der Waals surface area contributed by atoms with Crippen molar-refractivity contribution in [3.8, 4) is 11.4 Å². The van der Waals surface area contributed by atoms with Gasteiger partial charge < -0.3 is 25.6 Å². The van der Waals surface area contributed by atoms with Gasteiger partial charge in [-0.05, 0) is 118 Å². The Morgan fingerprint density at radius 3 is 2.32 bits per heavy atom. The van der Waals surface area contributed by atoms with Crippen molar-refractivity contribution in [1.82, 2.24) is 34.2 Å². The van der Waals surface area contributed by atoms with E-state index in [-0.39, 0.29) is 34.4 Å². The van der Waals surface area contributed by atoms with Crippen LogP contribution in [0.3, 0.4) is 0 Å². The maximum Gasteiger partial charge on any atom is 0.416 e. The molecule has 1 saturated carbocycles. The first-order valence-corrected chi connectivity index (χ1v) is 22.4. The van der Waals surface area contributed by atoms with E-state index in [0.717, 1.165) is 81.2 Å². The van der Waals surface area contributed by atoms with Gasteiger partial charge in [0.05, 0.1) is 34.9 Å². The van der Waals surface area contributed by atoms with Crippen molar-refractivity contribution in [3.05, 3.63) is 115 Å². The summed E-state index contributed by atoms with van der Waals surface area (Å²) in [6, 6.07) is 12.9. The molecule has 3 aliphatic rings. The number of carbonyl (C=O) groups is 2. The van der Waals surface area contributed by atoms with Gasteiger partial charge in [-0.15, -0.1) is 0 Å². The van der Waals surface area contributed by atoms with Crippen molar-refractivity contribution >= 4 is 45.8 Å². The minimum atomic E-state index is -4.53. The van der Waals surface area contributed by atoms with Gasteiger partial charge in [-0.1, -0.05) is 11.6 Å². The first-order valence-electron chi connectivity index (χ1n) is 22.1. The fraction of sp³-hybridized carbons (Fsp3) is 0.447. The van der Waals surface area contributed by atoms with Gasteiger partial charge >= 0.3 is 11.9 Å². The van der Waals surface area contributed by atoms with Crippen LogP contribution in [-0.2, 0) is 11.0 Å². The molecule has 1 aliphatic carbocycles. The zero-order valence-corrected chi connectivity index (χ0v) is 37.3. The van der Waals surface area contributed by atoms with Gasteiger partial charge in [-0.2, -0.15) is 13.2 Å². The number of H-pyrrole nitrogens is 1. The molecule has 8 rings (SSSR count). The van der Waals surface area contributed by atoms with Gasteiger partial charge in [0.25, 0.3) is 11.5 Å². The van der Waals surface area contributed by atoms with E-state index >= 15 is 0 Å². The summed E-state index contributed by atoms with van der Waals surface area (Å²) in [7, 11) is 1.62. The van der Waals surface area contributed by atoms with Gasteiger partial charge in [0.1, 0.15) is 17.4 Å². The lowest BCUT2D eigenvalue weighted by Gasteiger charge is -2.40. The number of ether oxygens (including phenoxy) is 1. The molecular formula is C47H53ClF3N9O5. The molecule has 5 aromatic rings. The number of piperazine rings is 1. The van der Waals surface area contributed by atoms with Crippen LogP contribution >= 0.6 is 11.6 Å². The Bertz CT molecular complexity index is 2700. The average molecular weight is 916 g/mol. The molecule has 14 nitrogen and oxygen atoms in total. The molecule has 18 heteroatoms. The van der Waals surface area contributed by atoms with E-state index in [1.165, 1.54) is 22.9 Å². The van der Waals surface area contributed by atoms with E-state index < -0.39 is 29.0 Å². The molecule has 2 saturated heterocycles. The Morgan fingerprint density at radius 1 is 0.923 bits per heavy atom. The molecule has 3 aromatic carbocycles. The number of nitrogens with one attached hydrogen (secondary N) is 2. The van der Waals surface area contributed by atoms with Gasteiger partial charge in [0.2, 0.25) is 5.91 Å². The van der Waals surface area contributed by atoms with Crippen molar-refractivity contribution in [2.45, 2.75) is 70.5 Å². The fourth-order valence-electron chi connectivity index (χ4n) is 9.64. The lowest BCUT2D eigenvalue weighted by Crippen LogP contribution is -2.52. The Labute approximate surface area is 378 Å². The number of nitrogen functional groups attached to an aromatic ring is 1. The van der Waals surface area contributed by atoms with Crippen LogP contribution in [-0.4, -0.2) is 99.0 Å². The zero-order valence-electron chi connectivity index (χ0n) is 36.6. The number of piperidine rings is 1. The summed E-state index contributed by atoms with van der Waals surface area (Å²) < 4.78 is 47.9. The highest BCUT2D eigenvalue weighted by Crippen LogP contribution is 2.43. The number of nitrogens with zero attached hydrogens (tertiary/aromatic N) is 6. The second-order valence-electron chi connectivity index (χ2n) is 17.5. The number of nitrogens with two attached hydrogens (primary N) is 1. The molecule has 1 atom stereocenters. The molecular weight excluding hydrogens is 863 g/mol. The maximum atomic E-state index is 13.9. The lowest BCUT2D eigenvalue weighted by molar-refractivity contribution is -0.139. The van der Waals surface area contributed by atoms with Crippen molar-refractivity contribution in [2.24, 2.45) is 11.8 Å². The summed E-state index contributed by atoms with van der Waals surface area (Å²) >= 11 is 6.37. The summed E-state index contributed by atoms with van der Waals surface area (Å²) in [6.45, 7) is 8.59. The van der Waals surface area contributed by atoms with Crippen molar-refractivity contribution < 1.29 is 27.5 Å². The van der Waals surface area contributed by atoms with Crippen LogP contribution in [0.25, 0.3) is 16.6 Å². The second kappa shape index (κ2) is 18.9. The summed E-state index contributed by atoms with van der Waals surface area (Å²) in [6.07, 6.45) is 1.59. The standard InChI is InChI=1S/C47H53ClF3N9O5/c1-27(33-20-34(47(49,50)51)23-35(52)21-33)53-43-37-24-36(41(65-3)25-39(37)54-28(2)55-43)30-4-6-31(7-5-30)44(62)59-18-16-57(17-19-59)26-29-10-13-58(14-11-29)45(63)32-8-9-38(48)40(22-32)60-15-12-42(61)56-46(60)64/h8-9,12,15,20-25,27,29-31H,4-7,10-11,13-14,16-19,26,52H2,1-3H3,(H,53,54,55)(H,56,61,64)/t27-,30?,31?/m1/s1. The topological polar surface area (TPSA) is 172 Å². The van der Waals surface area contributed by atoms with E-state index in [4.69, 9.17) is 22.1 Å². The smallest absolute Gasteiger partial charge is 0.416 e. The highest BCUT2D eigenvalue weighted by Gasteiger charge is 2.35. The number of amides is 2. The number of aryl methyl sites for hydroxylation is 1. The predicted octanol–water partition coefficient (Wildman–Crippen LogP) is 7.18. The Balaban J connectivity index is 0.832. The maximum absolute atomic E-state index is 13.9. The summed E-state index contributed by atoms with van der Waals surface area (Å²) in [5, 5.41) is 4.32. The van der Waals surface area contributed by atoms with Crippen LogP contribution in [0.5, 0.6) is 5.75 Å². The molecule has 2 aromatic heterocycles. The van der Waals surface area contributed by atoms with Crippen LogP contribution in [0, 0.1) is 18.8 Å². The van der Waals surface area contributed by atoms with Crippen LogP contribution < -0.4 is 27.0 Å². The quantitative estimate of drug-likeness (QED) is 0.122. The van der Waals surface area contributed by atoms with E-state index in [9.17, 15) is 32.3 Å². The fourth-order valence-corrected chi connectivity index (χ4v) is 9.85. The highest BCUT2D eigenvalue weighted by molar-refractivity contribution is 6.32. The summed E-state index contributed by atoms with van der Waals surface area (Å²) in [5.74, 6) is 2.24. The van der Waals surface area contributed by atoms with Crippen LogP contribution in [0.2, 0.25) is 5.02 Å². The normalized spacial score (nSPS) is 19.3. The zero-order chi connectivity index (χ0) is 46.2. The van der Waals surface area contributed by atoms with Crippen LogP contribution in [0.15, 0.2) is 70.4 Å². The number of aromatic amines is 1. The number of benzene rings is 3. The average Bonchev–Trinajstić information content (AvgIpc) is 3.28. The van der Waals surface area contributed by atoms with Crippen LogP contribution in [0.1, 0.15) is 90.3 Å². The van der Waals surface area contributed by atoms with E-state index in [2.05, 4.69) is 25.2 Å². The molecule has 0 spiro atoms. The number of methoxy groups -OCH3 is 1. The van der Waals surface area contributed by atoms with E-state index in [0.29, 0.717) is 71.8 Å². The summed E-state index contributed by atoms with van der Waals surface area (Å²) in [4.78, 5) is 69.1. The molecule has 0 unspecified atom stereocenters. The second-order valence-corrected chi connectivity index (χ2v) is 17.9. The SMILES string of the molecule is COc1cc2nc(C)nc(N[C@H](C)c3cc(N)cc(C(F)(F)F)c3)c2cc1C1CCC(C(=O)N2CCN(CC3CCN(C(=O)c4ccc(Cl)c(-n5ccc(=O)[nH]c5=O)c4)CC3)CC2)CC1. The predicted molar refractivity (Wildman–Crippen MR) is 243 cm³/mol. The summed E-state index contributed by atoms with van der Waals surface area (Å²) in [5.41, 5.74) is 6.66. The molecule has 2 aliphatic heterocycles. The third kappa shape index (κ3) is 10.2. The van der Waals surface area contributed by atoms with Gasteiger partial charge in [0.15, 0.2) is 0 Å². The first kappa shape index (κ1) is 45.6. The number of aromatic nitrogens is 4. The molecule has 344 valence electrons. The Hall–Kier alpha value is -5.94. The molecule has 3 fully saturated rings. The third-order valence-corrected chi connectivity index (χ3v) is 13.5. The van der Waals surface area contributed by atoms with Crippen molar-refractivity contribution in [2.75, 3.05) is 64.0 Å². The number of halogens is 4. The minimum absolute atomic E-state index is 0.0241. The van der Waals surface area contributed by atoms with Gasteiger partial charge in [-0.25, -0.2) is 14.8 Å². The number of hydrogen-bond acceptors (Lipinski definition) is 10. The number of fused-ring (bicyclic) bond motifs is 1. The molecule has 65 heavy (non-hydrogen) atoms. The lowest BCUT2D eigenvalue weighted by atomic mass is 9.77. The number of alkyl halides is 3. The number of carbonyl (C=O) groups excluding carboxylic acids is 2. The van der Waals surface area contributed by atoms with Crippen molar-refractivity contribution in [3.63, 3.8) is 0 Å². The van der Waals surface area contributed by atoms with Crippen LogP contribution in [0.4, 0.5) is 24.7 Å². The first-order chi connectivity index (χ1) is 31.0. The van der Waals surface area contributed by atoms with E-state index in [1.807, 2.05) is 21.9 Å². The Kier molecular flexibility index (Phi) is 13.3. The molecule has 4 N–H and O–H groups in total. The van der Waals surface area contributed by atoms with E-state index in [1.54, 1.807) is 39.2 Å². The molecule has 0 radical (unpaired) electrons. The number of hydrogen-bond donors (Lipinski definition) is 3. The molecule has 2 amide bonds. The van der Waals surface area contributed by atoms with Gasteiger partial charge in [-0.3, -0.25) is 28.8 Å². The number of rotatable bonds is 10. The van der Waals surface area contributed by atoms with Gasteiger partial charge in [0, 0.05) is 86.7 Å². The highest BCUT2D eigenvalue weighted by atomic mass is 35.5. The Morgan fingerprint density at radius 2 is 1.65 bits per heavy atom. The monoisotopic (exact) mass is 915 g/mol. The number of anilines is 2. The van der Waals surface area contributed by atoms with Crippen molar-refractivity contribution in [1.29, 1.82) is 0 Å². The minimum Gasteiger partial charge on any atom is -0.496 e. The third-order valence-electron chi connectivity index (χ3n) is 13.2. The number of likely N-dealkylation sites (tertiary alicyclic amines) is 1. The largest absolute Gasteiger partial charge is 0.496 e.